The van der Waals surface area contributed by atoms with Crippen LogP contribution in [-0.2, 0) is 16.1 Å². The van der Waals surface area contributed by atoms with Crippen molar-refractivity contribution in [3.8, 4) is 0 Å². The summed E-state index contributed by atoms with van der Waals surface area (Å²) in [6.45, 7) is -0.0775. The summed E-state index contributed by atoms with van der Waals surface area (Å²) in [6.07, 6.45) is 6.01. The number of ether oxygens (including phenoxy) is 1. The molecular formula is C18H18FN5O3. The molecule has 0 aliphatic carbocycles. The molecule has 140 valence electrons. The van der Waals surface area contributed by atoms with Gasteiger partial charge in [0.25, 0.3) is 0 Å². The number of hydrogen-bond donors (Lipinski definition) is 1. The largest absolute Gasteiger partial charge is 0.465 e. The monoisotopic (exact) mass is 371 g/mol. The standard InChI is InChI=1S/C18H18FN5O3/c1-23(15(25)11-24-10-13(9-22-24)18(26)27-2)16(17-20-7-8-21-17)12-3-5-14(19)6-4-12/h3-10,16H,11H2,1-2H3,(H,20,21). The van der Waals surface area contributed by atoms with E-state index in [-0.39, 0.29) is 23.8 Å². The highest BCUT2D eigenvalue weighted by molar-refractivity contribution is 5.88. The lowest BCUT2D eigenvalue weighted by atomic mass is 10.0. The predicted octanol–water partition coefficient (Wildman–Crippen LogP) is 1.78. The number of halogens is 1. The predicted molar refractivity (Wildman–Crippen MR) is 93.2 cm³/mol. The summed E-state index contributed by atoms with van der Waals surface area (Å²) in [5.74, 6) is -0.604. The Hall–Kier alpha value is -3.49. The Labute approximate surface area is 154 Å². The van der Waals surface area contributed by atoms with Crippen molar-refractivity contribution in [2.75, 3.05) is 14.2 Å². The first kappa shape index (κ1) is 18.3. The molecule has 27 heavy (non-hydrogen) atoms. The number of carbonyl (C=O) groups excluding carboxylic acids is 2. The zero-order valence-electron chi connectivity index (χ0n) is 14.8. The van der Waals surface area contributed by atoms with Crippen molar-refractivity contribution >= 4 is 11.9 Å². The first-order chi connectivity index (χ1) is 13.0. The zero-order chi connectivity index (χ0) is 19.4. The summed E-state index contributed by atoms with van der Waals surface area (Å²) in [4.78, 5) is 33.0. The van der Waals surface area contributed by atoms with Crippen molar-refractivity contribution in [2.45, 2.75) is 12.6 Å². The molecule has 1 N–H and O–H groups in total. The van der Waals surface area contributed by atoms with Gasteiger partial charge in [0.1, 0.15) is 24.2 Å². The average Bonchev–Trinajstić information content (AvgIpc) is 3.35. The van der Waals surface area contributed by atoms with Crippen LogP contribution in [0.2, 0.25) is 0 Å². The molecule has 0 aliphatic rings. The molecule has 1 unspecified atom stereocenters. The van der Waals surface area contributed by atoms with Crippen LogP contribution in [0.5, 0.6) is 0 Å². The van der Waals surface area contributed by atoms with Crippen LogP contribution in [-0.4, -0.2) is 50.7 Å². The number of amides is 1. The molecule has 0 spiro atoms. The molecule has 9 heteroatoms. The molecule has 0 radical (unpaired) electrons. The highest BCUT2D eigenvalue weighted by atomic mass is 19.1. The van der Waals surface area contributed by atoms with Gasteiger partial charge in [0.05, 0.1) is 18.9 Å². The van der Waals surface area contributed by atoms with Gasteiger partial charge in [0.15, 0.2) is 0 Å². The number of nitrogens with zero attached hydrogens (tertiary/aromatic N) is 4. The molecule has 2 heterocycles. The summed E-state index contributed by atoms with van der Waals surface area (Å²) < 4.78 is 19.3. The fourth-order valence-corrected chi connectivity index (χ4v) is 2.70. The van der Waals surface area contributed by atoms with E-state index in [0.29, 0.717) is 11.4 Å². The number of benzene rings is 1. The fraction of sp³-hybridized carbons (Fsp3) is 0.222. The second-order valence-electron chi connectivity index (χ2n) is 5.85. The Balaban J connectivity index is 1.82. The van der Waals surface area contributed by atoms with E-state index in [1.165, 1.54) is 41.2 Å². The molecule has 0 saturated carbocycles. The minimum absolute atomic E-state index is 0.0775. The molecule has 3 rings (SSSR count). The molecule has 1 aromatic carbocycles. The third kappa shape index (κ3) is 4.02. The first-order valence-electron chi connectivity index (χ1n) is 8.10. The van der Waals surface area contributed by atoms with Gasteiger partial charge in [-0.25, -0.2) is 14.2 Å². The zero-order valence-corrected chi connectivity index (χ0v) is 14.8. The minimum atomic E-state index is -0.526. The number of methoxy groups -OCH3 is 1. The van der Waals surface area contributed by atoms with Crippen LogP contribution in [0.4, 0.5) is 4.39 Å². The van der Waals surface area contributed by atoms with Gasteiger partial charge in [-0.15, -0.1) is 0 Å². The molecule has 0 saturated heterocycles. The van der Waals surface area contributed by atoms with Gasteiger partial charge < -0.3 is 14.6 Å². The van der Waals surface area contributed by atoms with E-state index in [1.54, 1.807) is 31.6 Å². The third-order valence-corrected chi connectivity index (χ3v) is 4.10. The Bertz CT molecular complexity index is 921. The molecule has 8 nitrogen and oxygen atoms in total. The fourth-order valence-electron chi connectivity index (χ4n) is 2.70. The molecule has 1 amide bonds. The number of aromatic amines is 1. The second kappa shape index (κ2) is 7.81. The van der Waals surface area contributed by atoms with Crippen molar-refractivity contribution < 1.29 is 18.7 Å². The lowest BCUT2D eigenvalue weighted by Gasteiger charge is -2.27. The number of rotatable bonds is 6. The number of hydrogen-bond acceptors (Lipinski definition) is 5. The van der Waals surface area contributed by atoms with Crippen molar-refractivity contribution in [1.29, 1.82) is 0 Å². The van der Waals surface area contributed by atoms with Gasteiger partial charge in [0, 0.05) is 25.6 Å². The summed E-state index contributed by atoms with van der Waals surface area (Å²) >= 11 is 0. The van der Waals surface area contributed by atoms with Crippen molar-refractivity contribution in [3.05, 3.63) is 71.8 Å². The summed E-state index contributed by atoms with van der Waals surface area (Å²) in [7, 11) is 2.90. The lowest BCUT2D eigenvalue weighted by Crippen LogP contribution is -2.35. The van der Waals surface area contributed by atoms with Crippen LogP contribution in [0.3, 0.4) is 0 Å². The lowest BCUT2D eigenvalue weighted by molar-refractivity contribution is -0.132. The number of H-pyrrole nitrogens is 1. The SMILES string of the molecule is COC(=O)c1cnn(CC(=O)N(C)C(c2ccc(F)cc2)c2ncc[nH]2)c1. The smallest absolute Gasteiger partial charge is 0.341 e. The Morgan fingerprint density at radius 3 is 2.70 bits per heavy atom. The third-order valence-electron chi connectivity index (χ3n) is 4.10. The van der Waals surface area contributed by atoms with E-state index >= 15 is 0 Å². The molecule has 0 fully saturated rings. The van der Waals surface area contributed by atoms with Gasteiger partial charge in [-0.3, -0.25) is 9.48 Å². The van der Waals surface area contributed by atoms with Crippen LogP contribution in [0.25, 0.3) is 0 Å². The summed E-state index contributed by atoms with van der Waals surface area (Å²) in [6, 6.07) is 5.36. The van der Waals surface area contributed by atoms with E-state index in [1.807, 2.05) is 0 Å². The summed E-state index contributed by atoms with van der Waals surface area (Å²) in [5.41, 5.74) is 0.965. The average molecular weight is 371 g/mol. The highest BCUT2D eigenvalue weighted by Gasteiger charge is 2.26. The van der Waals surface area contributed by atoms with E-state index in [0.717, 1.165) is 0 Å². The quantitative estimate of drug-likeness (QED) is 0.667. The summed E-state index contributed by atoms with van der Waals surface area (Å²) in [5, 5.41) is 4.01. The first-order valence-corrected chi connectivity index (χ1v) is 8.10. The second-order valence-corrected chi connectivity index (χ2v) is 5.85. The van der Waals surface area contributed by atoms with Gasteiger partial charge in [-0.1, -0.05) is 12.1 Å². The number of imidazole rings is 1. The van der Waals surface area contributed by atoms with Crippen LogP contribution in [0.15, 0.2) is 49.1 Å². The van der Waals surface area contributed by atoms with Crippen molar-refractivity contribution in [1.82, 2.24) is 24.6 Å². The van der Waals surface area contributed by atoms with Crippen LogP contribution < -0.4 is 0 Å². The van der Waals surface area contributed by atoms with E-state index in [4.69, 9.17) is 0 Å². The molecule has 0 bridgehead atoms. The Kier molecular flexibility index (Phi) is 5.30. The highest BCUT2D eigenvalue weighted by Crippen LogP contribution is 2.25. The maximum Gasteiger partial charge on any atom is 0.341 e. The number of likely N-dealkylation sites (N-methyl/N-ethyl adjacent to an activating group) is 1. The van der Waals surface area contributed by atoms with Crippen molar-refractivity contribution in [3.63, 3.8) is 0 Å². The molecule has 1 atom stereocenters. The number of esters is 1. The minimum Gasteiger partial charge on any atom is -0.465 e. The van der Waals surface area contributed by atoms with Gasteiger partial charge >= 0.3 is 5.97 Å². The molecule has 0 aliphatic heterocycles. The maximum atomic E-state index is 13.3. The van der Waals surface area contributed by atoms with E-state index in [2.05, 4.69) is 19.8 Å². The van der Waals surface area contributed by atoms with Crippen LogP contribution >= 0.6 is 0 Å². The number of aromatic nitrogens is 4. The van der Waals surface area contributed by atoms with Crippen LogP contribution in [0, 0.1) is 5.82 Å². The Morgan fingerprint density at radius 1 is 1.33 bits per heavy atom. The van der Waals surface area contributed by atoms with E-state index in [9.17, 15) is 14.0 Å². The van der Waals surface area contributed by atoms with Crippen LogP contribution in [0.1, 0.15) is 27.8 Å². The normalized spacial score (nSPS) is 11.8. The van der Waals surface area contributed by atoms with Crippen molar-refractivity contribution in [2.24, 2.45) is 0 Å². The maximum absolute atomic E-state index is 13.3. The Morgan fingerprint density at radius 2 is 2.07 bits per heavy atom. The number of carbonyl (C=O) groups is 2. The molecule has 3 aromatic rings. The molecule has 2 aromatic heterocycles. The topological polar surface area (TPSA) is 93.1 Å². The van der Waals surface area contributed by atoms with Gasteiger partial charge in [-0.05, 0) is 17.7 Å². The van der Waals surface area contributed by atoms with Gasteiger partial charge in [-0.2, -0.15) is 5.10 Å². The van der Waals surface area contributed by atoms with Gasteiger partial charge in [0.2, 0.25) is 5.91 Å². The molecular weight excluding hydrogens is 353 g/mol. The van der Waals surface area contributed by atoms with E-state index < -0.39 is 12.0 Å². The number of nitrogens with one attached hydrogen (secondary N) is 1.